The average Bonchev–Trinajstić information content (AvgIpc) is 2.72. The Kier molecular flexibility index (Phi) is 5.52. The van der Waals surface area contributed by atoms with Crippen molar-refractivity contribution in [3.8, 4) is 5.75 Å². The van der Waals surface area contributed by atoms with E-state index in [0.717, 1.165) is 16.5 Å². The molecule has 0 atom stereocenters. The van der Waals surface area contributed by atoms with Gasteiger partial charge in [0.2, 0.25) is 0 Å². The van der Waals surface area contributed by atoms with E-state index in [1.165, 1.54) is 19.4 Å². The first-order valence-electron chi connectivity index (χ1n) is 8.35. The second kappa shape index (κ2) is 8.19. The van der Waals surface area contributed by atoms with Crippen LogP contribution in [0.15, 0.2) is 72.9 Å². The van der Waals surface area contributed by atoms with Crippen LogP contribution >= 0.6 is 0 Å². The van der Waals surface area contributed by atoms with Crippen LogP contribution in [0.25, 0.3) is 10.8 Å². The second-order valence-electron chi connectivity index (χ2n) is 5.81. The number of carbonyl (C=O) groups is 2. The van der Waals surface area contributed by atoms with Gasteiger partial charge < -0.3 is 14.8 Å². The van der Waals surface area contributed by atoms with E-state index < -0.39 is 5.97 Å². The van der Waals surface area contributed by atoms with Gasteiger partial charge in [0.05, 0.1) is 25.5 Å². The molecule has 3 rings (SSSR count). The van der Waals surface area contributed by atoms with Crippen molar-refractivity contribution in [1.29, 1.82) is 0 Å². The minimum Gasteiger partial charge on any atom is -0.497 e. The van der Waals surface area contributed by atoms with E-state index in [4.69, 9.17) is 9.47 Å². The highest BCUT2D eigenvalue weighted by molar-refractivity contribution is 6.07. The van der Waals surface area contributed by atoms with Crippen LogP contribution in [0.4, 0.5) is 5.69 Å². The van der Waals surface area contributed by atoms with Crippen LogP contribution in [0, 0.1) is 0 Å². The van der Waals surface area contributed by atoms with Crippen LogP contribution < -0.4 is 10.1 Å². The maximum Gasteiger partial charge on any atom is 0.339 e. The van der Waals surface area contributed by atoms with Crippen molar-refractivity contribution >= 4 is 28.2 Å². The van der Waals surface area contributed by atoms with Gasteiger partial charge >= 0.3 is 5.97 Å². The van der Waals surface area contributed by atoms with Crippen molar-refractivity contribution in [3.63, 3.8) is 0 Å². The highest BCUT2D eigenvalue weighted by atomic mass is 16.5. The molecule has 0 saturated heterocycles. The van der Waals surface area contributed by atoms with Crippen LogP contribution in [0.3, 0.4) is 0 Å². The fourth-order valence-electron chi connectivity index (χ4n) is 2.70. The molecule has 0 aromatic heterocycles. The maximum absolute atomic E-state index is 12.4. The van der Waals surface area contributed by atoms with E-state index in [1.54, 1.807) is 37.4 Å². The fourth-order valence-corrected chi connectivity index (χ4v) is 2.70. The lowest BCUT2D eigenvalue weighted by molar-refractivity contribution is 0.0601. The number of ether oxygens (including phenoxy) is 2. The fraction of sp³-hybridized carbons (Fsp3) is 0.0909. The van der Waals surface area contributed by atoms with Crippen LogP contribution in [-0.2, 0) is 4.74 Å². The largest absolute Gasteiger partial charge is 0.497 e. The number of anilines is 1. The summed E-state index contributed by atoms with van der Waals surface area (Å²) in [7, 11) is 2.95. The Balaban J connectivity index is 1.76. The van der Waals surface area contributed by atoms with Gasteiger partial charge in [-0.15, -0.1) is 0 Å². The number of rotatable bonds is 6. The van der Waals surface area contributed by atoms with E-state index in [1.807, 2.05) is 30.3 Å². The molecule has 5 heteroatoms. The molecule has 136 valence electrons. The van der Waals surface area contributed by atoms with Gasteiger partial charge in [-0.2, -0.15) is 0 Å². The van der Waals surface area contributed by atoms with Gasteiger partial charge in [0, 0.05) is 17.8 Å². The molecule has 0 unspecified atom stereocenters. The molecular weight excluding hydrogens is 342 g/mol. The predicted octanol–water partition coefficient (Wildman–Crippen LogP) is 4.44. The van der Waals surface area contributed by atoms with E-state index >= 15 is 0 Å². The van der Waals surface area contributed by atoms with Crippen LogP contribution in [0.5, 0.6) is 5.75 Å². The Bertz CT molecular complexity index is 1020. The summed E-state index contributed by atoms with van der Waals surface area (Å²) in [6, 6.07) is 18.1. The van der Waals surface area contributed by atoms with Crippen LogP contribution in [0.1, 0.15) is 20.7 Å². The van der Waals surface area contributed by atoms with Crippen molar-refractivity contribution in [2.24, 2.45) is 0 Å². The minimum absolute atomic E-state index is 0.143. The van der Waals surface area contributed by atoms with Gasteiger partial charge in [0.25, 0.3) is 0 Å². The number of hydrogen-bond donors (Lipinski definition) is 1. The lowest BCUT2D eigenvalue weighted by Crippen LogP contribution is -2.05. The van der Waals surface area contributed by atoms with E-state index in [2.05, 4.69) is 5.32 Å². The summed E-state index contributed by atoms with van der Waals surface area (Å²) in [5.41, 5.74) is 1.54. The number of carbonyl (C=O) groups excluding carboxylic acids is 2. The summed E-state index contributed by atoms with van der Waals surface area (Å²) < 4.78 is 9.96. The second-order valence-corrected chi connectivity index (χ2v) is 5.81. The highest BCUT2D eigenvalue weighted by Gasteiger charge is 2.10. The van der Waals surface area contributed by atoms with Gasteiger partial charge in [-0.3, -0.25) is 4.79 Å². The summed E-state index contributed by atoms with van der Waals surface area (Å²) in [5.74, 6) is 0.188. The molecule has 0 spiro atoms. The topological polar surface area (TPSA) is 64.6 Å². The molecule has 0 aliphatic heterocycles. The predicted molar refractivity (Wildman–Crippen MR) is 105 cm³/mol. The third-order valence-corrected chi connectivity index (χ3v) is 4.14. The lowest BCUT2D eigenvalue weighted by atomic mass is 10.0. The zero-order valence-corrected chi connectivity index (χ0v) is 15.1. The van der Waals surface area contributed by atoms with Crippen LogP contribution in [-0.4, -0.2) is 26.0 Å². The van der Waals surface area contributed by atoms with Gasteiger partial charge in [0.15, 0.2) is 5.78 Å². The normalized spacial score (nSPS) is 10.7. The van der Waals surface area contributed by atoms with Crippen molar-refractivity contribution in [1.82, 2.24) is 0 Å². The molecule has 0 heterocycles. The van der Waals surface area contributed by atoms with Crippen molar-refractivity contribution in [3.05, 3.63) is 84.1 Å². The molecule has 5 nitrogen and oxygen atoms in total. The number of benzene rings is 3. The summed E-state index contributed by atoms with van der Waals surface area (Å²) >= 11 is 0. The molecule has 3 aromatic rings. The van der Waals surface area contributed by atoms with Crippen molar-refractivity contribution in [2.75, 3.05) is 19.5 Å². The number of hydrogen-bond acceptors (Lipinski definition) is 5. The third-order valence-electron chi connectivity index (χ3n) is 4.14. The highest BCUT2D eigenvalue weighted by Crippen LogP contribution is 2.22. The molecule has 3 aromatic carbocycles. The van der Waals surface area contributed by atoms with Gasteiger partial charge in [-0.05, 0) is 41.1 Å². The number of ketones is 1. The summed E-state index contributed by atoms with van der Waals surface area (Å²) in [6.07, 6.45) is 2.95. The summed E-state index contributed by atoms with van der Waals surface area (Å²) in [6.45, 7) is 0. The number of nitrogens with one attached hydrogen (secondary N) is 1. The monoisotopic (exact) mass is 361 g/mol. The minimum atomic E-state index is -0.442. The lowest BCUT2D eigenvalue weighted by Gasteiger charge is -2.07. The first kappa shape index (κ1) is 18.2. The van der Waals surface area contributed by atoms with Gasteiger partial charge in [-0.1, -0.05) is 30.3 Å². The van der Waals surface area contributed by atoms with E-state index in [9.17, 15) is 9.59 Å². The Labute approximate surface area is 157 Å². The molecule has 0 amide bonds. The number of methoxy groups -OCH3 is 2. The number of allylic oxidation sites excluding steroid dienone is 1. The Morgan fingerprint density at radius 3 is 2.44 bits per heavy atom. The molecule has 1 N–H and O–H groups in total. The number of fused-ring (bicyclic) bond motifs is 1. The van der Waals surface area contributed by atoms with Gasteiger partial charge in [0.1, 0.15) is 5.75 Å². The van der Waals surface area contributed by atoms with Gasteiger partial charge in [-0.25, -0.2) is 4.79 Å². The zero-order valence-electron chi connectivity index (χ0n) is 15.1. The van der Waals surface area contributed by atoms with E-state index in [-0.39, 0.29) is 5.78 Å². The Hall–Kier alpha value is -3.60. The van der Waals surface area contributed by atoms with E-state index in [0.29, 0.717) is 16.8 Å². The Morgan fingerprint density at radius 1 is 0.926 bits per heavy atom. The average molecular weight is 361 g/mol. The van der Waals surface area contributed by atoms with Crippen molar-refractivity contribution < 1.29 is 19.1 Å². The standard InChI is InChI=1S/C22H19NO4/c1-26-18-10-9-15-13-17(8-7-16(15)14-18)21(24)11-12-23-20-6-4-3-5-19(20)22(25)27-2/h3-14,23H,1-2H3/b12-11-. The molecule has 0 saturated carbocycles. The summed E-state index contributed by atoms with van der Waals surface area (Å²) in [4.78, 5) is 24.2. The first-order chi connectivity index (χ1) is 13.1. The molecule has 0 bridgehead atoms. The maximum atomic E-state index is 12.4. The molecule has 0 aliphatic rings. The third kappa shape index (κ3) is 4.15. The molecule has 27 heavy (non-hydrogen) atoms. The smallest absolute Gasteiger partial charge is 0.339 e. The SMILES string of the molecule is COC(=O)c1ccccc1N/C=C\C(=O)c1ccc2cc(OC)ccc2c1. The van der Waals surface area contributed by atoms with Crippen molar-refractivity contribution in [2.45, 2.75) is 0 Å². The molecule has 0 radical (unpaired) electrons. The first-order valence-corrected chi connectivity index (χ1v) is 8.35. The molecular formula is C22H19NO4. The van der Waals surface area contributed by atoms with Crippen LogP contribution in [0.2, 0.25) is 0 Å². The zero-order chi connectivity index (χ0) is 19.2. The Morgan fingerprint density at radius 2 is 1.67 bits per heavy atom. The molecule has 0 fully saturated rings. The quantitative estimate of drug-likeness (QED) is 0.399. The summed E-state index contributed by atoms with van der Waals surface area (Å²) in [5, 5.41) is 4.92. The number of esters is 1. The molecule has 0 aliphatic carbocycles. The number of para-hydroxylation sites is 1.